The van der Waals surface area contributed by atoms with Crippen molar-refractivity contribution in [2.24, 2.45) is 0 Å². The van der Waals surface area contributed by atoms with Crippen LogP contribution in [0.4, 0.5) is 0 Å². The van der Waals surface area contributed by atoms with Crippen molar-refractivity contribution in [3.05, 3.63) is 89.2 Å². The molecule has 0 unspecified atom stereocenters. The molecule has 3 aromatic carbocycles. The van der Waals surface area contributed by atoms with E-state index in [-0.39, 0.29) is 5.56 Å². The van der Waals surface area contributed by atoms with Gasteiger partial charge in [-0.3, -0.25) is 4.79 Å². The highest BCUT2D eigenvalue weighted by molar-refractivity contribution is 5.92. The number of fused-ring (bicyclic) bond motifs is 4. The Morgan fingerprint density at radius 1 is 0.750 bits per heavy atom. The summed E-state index contributed by atoms with van der Waals surface area (Å²) in [5, 5.41) is 5.01. The molecule has 0 spiro atoms. The van der Waals surface area contributed by atoms with E-state index >= 15 is 0 Å². The second-order valence-corrected chi connectivity index (χ2v) is 5.82. The predicted molar refractivity (Wildman–Crippen MR) is 94.1 cm³/mol. The van der Waals surface area contributed by atoms with Crippen molar-refractivity contribution in [1.29, 1.82) is 0 Å². The zero-order chi connectivity index (χ0) is 16.1. The van der Waals surface area contributed by atoms with Crippen molar-refractivity contribution in [2.75, 3.05) is 0 Å². The summed E-state index contributed by atoms with van der Waals surface area (Å²) in [7, 11) is 0. The molecular weight excluding hydrogens is 298 g/mol. The van der Waals surface area contributed by atoms with Gasteiger partial charge in [-0.15, -0.1) is 5.10 Å². The van der Waals surface area contributed by atoms with Gasteiger partial charge in [0.05, 0.1) is 16.3 Å². The maximum atomic E-state index is 13.1. The van der Waals surface area contributed by atoms with Gasteiger partial charge in [0.25, 0.3) is 5.69 Å². The lowest BCUT2D eigenvalue weighted by molar-refractivity contribution is -0.663. The number of hydrogen-bond acceptors (Lipinski definition) is 1. The van der Waals surface area contributed by atoms with Gasteiger partial charge in [0.15, 0.2) is 0 Å². The smallest absolute Gasteiger partial charge is 0.263 e. The van der Waals surface area contributed by atoms with E-state index in [1.807, 2.05) is 71.4 Å². The Kier molecular flexibility index (Phi) is 2.61. The fourth-order valence-electron chi connectivity index (χ4n) is 3.36. The first-order valence-corrected chi connectivity index (χ1v) is 7.86. The average Bonchev–Trinajstić information content (AvgIpc) is 3.02. The van der Waals surface area contributed by atoms with E-state index in [2.05, 4.69) is 17.2 Å². The molecule has 0 radical (unpaired) electrons. The van der Waals surface area contributed by atoms with Crippen LogP contribution in [0.1, 0.15) is 0 Å². The zero-order valence-corrected chi connectivity index (χ0v) is 12.8. The topological polar surface area (TPSA) is 41.4 Å². The Hall–Kier alpha value is -3.40. The van der Waals surface area contributed by atoms with Gasteiger partial charge in [0, 0.05) is 4.63 Å². The summed E-state index contributed by atoms with van der Waals surface area (Å²) < 4.78 is 3.56. The van der Waals surface area contributed by atoms with Gasteiger partial charge in [-0.1, -0.05) is 42.5 Å². The maximum Gasteiger partial charge on any atom is 0.317 e. The van der Waals surface area contributed by atoms with Crippen LogP contribution in [0.5, 0.6) is 0 Å². The first kappa shape index (κ1) is 13.1. The Labute approximate surface area is 137 Å². The van der Waals surface area contributed by atoms with E-state index in [9.17, 15) is 4.79 Å². The van der Waals surface area contributed by atoms with Crippen LogP contribution in [0.15, 0.2) is 83.7 Å². The zero-order valence-electron chi connectivity index (χ0n) is 12.8. The van der Waals surface area contributed by atoms with Crippen molar-refractivity contribution in [3.8, 4) is 11.3 Å². The first-order valence-electron chi connectivity index (χ1n) is 7.86. The molecule has 0 atom stereocenters. The molecule has 2 heterocycles. The van der Waals surface area contributed by atoms with Crippen molar-refractivity contribution >= 4 is 21.8 Å². The highest BCUT2D eigenvalue weighted by atomic mass is 16.1. The summed E-state index contributed by atoms with van der Waals surface area (Å²) in [5.41, 5.74) is 3.80. The molecule has 24 heavy (non-hydrogen) atoms. The van der Waals surface area contributed by atoms with Gasteiger partial charge in [0.1, 0.15) is 11.0 Å². The number of nitrogens with zero attached hydrogens (tertiary/aromatic N) is 2. The lowest BCUT2D eigenvalue weighted by atomic mass is 10.1. The van der Waals surface area contributed by atoms with E-state index in [0.717, 1.165) is 27.7 Å². The van der Waals surface area contributed by atoms with Gasteiger partial charge >= 0.3 is 5.56 Å². The average molecular weight is 312 g/mol. The van der Waals surface area contributed by atoms with Crippen LogP contribution in [0.25, 0.3) is 33.1 Å². The number of aromatic amines is 1. The van der Waals surface area contributed by atoms with Crippen molar-refractivity contribution in [2.45, 2.75) is 0 Å². The van der Waals surface area contributed by atoms with Crippen molar-refractivity contribution in [1.82, 2.24) is 9.61 Å². The highest BCUT2D eigenvalue weighted by Gasteiger charge is 2.24. The van der Waals surface area contributed by atoms with Crippen molar-refractivity contribution in [3.63, 3.8) is 0 Å². The summed E-state index contributed by atoms with van der Waals surface area (Å²) in [6.07, 6.45) is 0. The van der Waals surface area contributed by atoms with Gasteiger partial charge in [-0.25, -0.2) is 0 Å². The normalized spacial score (nSPS) is 11.5. The van der Waals surface area contributed by atoms with Crippen LogP contribution in [0, 0.1) is 0 Å². The van der Waals surface area contributed by atoms with Crippen LogP contribution < -0.4 is 10.2 Å². The van der Waals surface area contributed by atoms with Gasteiger partial charge in [-0.2, -0.15) is 0 Å². The Bertz CT molecular complexity index is 1270. The second-order valence-electron chi connectivity index (χ2n) is 5.82. The number of rotatable bonds is 1. The SMILES string of the molecule is O=c1c2ccccc2c(-c2ccccc2)[n+]2[nH]c3ccccc3n12. The van der Waals surface area contributed by atoms with Crippen molar-refractivity contribution < 1.29 is 4.63 Å². The lowest BCUT2D eigenvalue weighted by Gasteiger charge is -2.02. The quantitative estimate of drug-likeness (QED) is 0.475. The third kappa shape index (κ3) is 1.68. The van der Waals surface area contributed by atoms with Crippen LogP contribution >= 0.6 is 0 Å². The predicted octanol–water partition coefficient (Wildman–Crippen LogP) is 3.19. The Morgan fingerprint density at radius 3 is 2.25 bits per heavy atom. The molecular formula is C20H14N3O+. The Balaban J connectivity index is 2.13. The molecule has 4 nitrogen and oxygen atoms in total. The monoisotopic (exact) mass is 312 g/mol. The number of hydrogen-bond donors (Lipinski definition) is 1. The van der Waals surface area contributed by atoms with Crippen LogP contribution in [0.3, 0.4) is 0 Å². The molecule has 114 valence electrons. The summed E-state index contributed by atoms with van der Waals surface area (Å²) in [5.74, 6) is 0. The lowest BCUT2D eigenvalue weighted by Crippen LogP contribution is -2.41. The summed E-state index contributed by atoms with van der Waals surface area (Å²) in [6.45, 7) is 0. The van der Waals surface area contributed by atoms with E-state index in [0.29, 0.717) is 5.39 Å². The number of benzene rings is 3. The fraction of sp³-hybridized carbons (Fsp3) is 0. The van der Waals surface area contributed by atoms with E-state index < -0.39 is 0 Å². The molecule has 0 saturated carbocycles. The minimum atomic E-state index is -0.0252. The van der Waals surface area contributed by atoms with Crippen LogP contribution in [-0.4, -0.2) is 9.61 Å². The molecule has 0 bridgehead atoms. The van der Waals surface area contributed by atoms with E-state index in [1.54, 1.807) is 4.52 Å². The number of nitrogens with one attached hydrogen (secondary N) is 1. The Morgan fingerprint density at radius 2 is 1.42 bits per heavy atom. The number of aromatic nitrogens is 3. The minimum absolute atomic E-state index is 0.0252. The number of H-pyrrole nitrogens is 1. The largest absolute Gasteiger partial charge is 0.317 e. The molecule has 0 saturated heterocycles. The molecule has 2 aromatic heterocycles. The molecule has 0 aliphatic heterocycles. The maximum absolute atomic E-state index is 13.1. The summed E-state index contributed by atoms with van der Waals surface area (Å²) in [4.78, 5) is 13.1. The summed E-state index contributed by atoms with van der Waals surface area (Å²) >= 11 is 0. The van der Waals surface area contributed by atoms with E-state index in [4.69, 9.17) is 0 Å². The molecule has 5 rings (SSSR count). The standard InChI is InChI=1S/C20H13N3O/c24-20-16-11-5-4-10-15(16)19(14-8-2-1-3-9-14)23-21-17-12-6-7-13-18(17)22(20)23/h1-13H/p+1. The highest BCUT2D eigenvalue weighted by Crippen LogP contribution is 2.23. The van der Waals surface area contributed by atoms with Gasteiger partial charge in [-0.05, 0) is 40.9 Å². The molecule has 1 N–H and O–H groups in total. The first-order chi connectivity index (χ1) is 11.8. The fourth-order valence-corrected chi connectivity index (χ4v) is 3.36. The molecule has 4 heteroatoms. The molecule has 5 aromatic rings. The molecule has 0 aliphatic carbocycles. The van der Waals surface area contributed by atoms with Crippen LogP contribution in [0.2, 0.25) is 0 Å². The molecule has 0 fully saturated rings. The molecule has 0 aliphatic rings. The third-order valence-corrected chi connectivity index (χ3v) is 4.42. The molecule has 0 amide bonds. The number of para-hydroxylation sites is 2. The van der Waals surface area contributed by atoms with Crippen LogP contribution in [-0.2, 0) is 0 Å². The summed E-state index contributed by atoms with van der Waals surface area (Å²) in [6, 6.07) is 25.7. The van der Waals surface area contributed by atoms with Gasteiger partial charge < -0.3 is 0 Å². The van der Waals surface area contributed by atoms with E-state index in [1.165, 1.54) is 0 Å². The van der Waals surface area contributed by atoms with Gasteiger partial charge in [0.2, 0.25) is 0 Å². The third-order valence-electron chi connectivity index (χ3n) is 4.42. The minimum Gasteiger partial charge on any atom is -0.263 e. The second kappa shape index (κ2) is 4.80.